The highest BCUT2D eigenvalue weighted by atomic mass is 16.1. The summed E-state index contributed by atoms with van der Waals surface area (Å²) in [5, 5.41) is 2.60. The fourth-order valence-corrected chi connectivity index (χ4v) is 1.91. The van der Waals surface area contributed by atoms with Crippen LogP contribution in [0.25, 0.3) is 0 Å². The molecule has 1 rings (SSSR count). The molecule has 1 aromatic heterocycles. The van der Waals surface area contributed by atoms with Crippen molar-refractivity contribution in [2.75, 3.05) is 20.6 Å². The summed E-state index contributed by atoms with van der Waals surface area (Å²) in [7, 11) is 3.51. The van der Waals surface area contributed by atoms with Gasteiger partial charge in [-0.15, -0.1) is 0 Å². The fourth-order valence-electron chi connectivity index (χ4n) is 1.91. The van der Waals surface area contributed by atoms with E-state index in [1.807, 2.05) is 31.0 Å². The van der Waals surface area contributed by atoms with Crippen LogP contribution in [0, 0.1) is 0 Å². The topological polar surface area (TPSA) is 71.2 Å². The molecule has 0 aromatic carbocycles. The van der Waals surface area contributed by atoms with E-state index in [1.54, 1.807) is 19.4 Å². The monoisotopic (exact) mass is 236 g/mol. The molecule has 1 amide bonds. The van der Waals surface area contributed by atoms with Crippen LogP contribution in [0.5, 0.6) is 0 Å². The number of nitrogens with two attached hydrogens (primary N) is 1. The molecule has 94 valence electrons. The molecule has 5 heteroatoms. The lowest BCUT2D eigenvalue weighted by molar-refractivity contribution is -0.122. The molecular weight excluding hydrogens is 216 g/mol. The first-order chi connectivity index (χ1) is 8.06. The summed E-state index contributed by atoms with van der Waals surface area (Å²) >= 11 is 0. The highest BCUT2D eigenvalue weighted by molar-refractivity contribution is 5.77. The molecule has 2 unspecified atom stereocenters. The zero-order valence-corrected chi connectivity index (χ0v) is 10.6. The molecule has 1 aromatic rings. The van der Waals surface area contributed by atoms with E-state index in [0.29, 0.717) is 6.54 Å². The Hall–Kier alpha value is -1.46. The number of nitrogens with zero attached hydrogens (tertiary/aromatic N) is 2. The normalized spacial score (nSPS) is 14.4. The Balaban J connectivity index is 2.83. The molecule has 5 nitrogen and oxygen atoms in total. The maximum Gasteiger partial charge on any atom is 0.233 e. The summed E-state index contributed by atoms with van der Waals surface area (Å²) in [6.45, 7) is 2.25. The van der Waals surface area contributed by atoms with Crippen LogP contribution in [0.4, 0.5) is 0 Å². The van der Waals surface area contributed by atoms with Gasteiger partial charge >= 0.3 is 0 Å². The van der Waals surface area contributed by atoms with Crippen LogP contribution in [-0.2, 0) is 4.79 Å². The van der Waals surface area contributed by atoms with Gasteiger partial charge in [0.15, 0.2) is 0 Å². The summed E-state index contributed by atoms with van der Waals surface area (Å²) in [5.41, 5.74) is 7.01. The van der Waals surface area contributed by atoms with E-state index in [-0.39, 0.29) is 18.0 Å². The summed E-state index contributed by atoms with van der Waals surface area (Å²) in [6.07, 6.45) is 3.51. The smallest absolute Gasteiger partial charge is 0.233 e. The third-order valence-corrected chi connectivity index (χ3v) is 2.67. The summed E-state index contributed by atoms with van der Waals surface area (Å²) < 4.78 is 0. The van der Waals surface area contributed by atoms with Gasteiger partial charge in [-0.1, -0.05) is 6.07 Å². The van der Waals surface area contributed by atoms with Crippen molar-refractivity contribution in [1.82, 2.24) is 15.2 Å². The number of aromatic nitrogens is 1. The summed E-state index contributed by atoms with van der Waals surface area (Å²) in [5.74, 6) is -0.0259. The molecule has 0 aliphatic carbocycles. The van der Waals surface area contributed by atoms with Crippen LogP contribution < -0.4 is 11.1 Å². The number of nitrogens with one attached hydrogen (secondary N) is 1. The van der Waals surface area contributed by atoms with Crippen LogP contribution in [0.1, 0.15) is 18.5 Å². The molecule has 0 radical (unpaired) electrons. The quantitative estimate of drug-likeness (QED) is 0.763. The second-order valence-electron chi connectivity index (χ2n) is 4.18. The van der Waals surface area contributed by atoms with E-state index in [0.717, 1.165) is 5.56 Å². The lowest BCUT2D eigenvalue weighted by Gasteiger charge is -2.30. The number of hydrogen-bond donors (Lipinski definition) is 2. The number of rotatable bonds is 5. The zero-order valence-electron chi connectivity index (χ0n) is 10.6. The number of hydrogen-bond acceptors (Lipinski definition) is 4. The molecule has 2 atom stereocenters. The van der Waals surface area contributed by atoms with Crippen LogP contribution in [0.15, 0.2) is 24.5 Å². The van der Waals surface area contributed by atoms with Crippen molar-refractivity contribution in [2.45, 2.75) is 19.0 Å². The van der Waals surface area contributed by atoms with Gasteiger partial charge in [0.2, 0.25) is 5.91 Å². The van der Waals surface area contributed by atoms with Crippen molar-refractivity contribution in [3.63, 3.8) is 0 Å². The minimum Gasteiger partial charge on any atom is -0.358 e. The van der Waals surface area contributed by atoms with Crippen LogP contribution >= 0.6 is 0 Å². The zero-order chi connectivity index (χ0) is 12.8. The van der Waals surface area contributed by atoms with Crippen molar-refractivity contribution in [3.8, 4) is 0 Å². The summed E-state index contributed by atoms with van der Waals surface area (Å²) in [6, 6.07) is 3.76. The van der Waals surface area contributed by atoms with Crippen molar-refractivity contribution < 1.29 is 4.79 Å². The van der Waals surface area contributed by atoms with E-state index in [4.69, 9.17) is 5.73 Å². The van der Waals surface area contributed by atoms with E-state index in [1.165, 1.54) is 0 Å². The maximum absolute atomic E-state index is 11.4. The van der Waals surface area contributed by atoms with Crippen molar-refractivity contribution >= 4 is 5.91 Å². The SMILES string of the molecule is CNC(=O)CN(C)C(c1cccnc1)C(C)N. The number of amides is 1. The number of likely N-dealkylation sites (N-methyl/N-ethyl adjacent to an activating group) is 2. The van der Waals surface area contributed by atoms with Crippen molar-refractivity contribution in [3.05, 3.63) is 30.1 Å². The van der Waals surface area contributed by atoms with Gasteiger partial charge in [0, 0.05) is 25.5 Å². The first-order valence-corrected chi connectivity index (χ1v) is 5.62. The Kier molecular flexibility index (Phi) is 5.06. The Labute approximate surface area is 102 Å². The van der Waals surface area contributed by atoms with Gasteiger partial charge in [0.05, 0.1) is 12.6 Å². The Bertz CT molecular complexity index is 353. The first-order valence-electron chi connectivity index (χ1n) is 5.62. The average molecular weight is 236 g/mol. The second kappa shape index (κ2) is 6.32. The molecule has 0 spiro atoms. The largest absolute Gasteiger partial charge is 0.358 e. The van der Waals surface area contributed by atoms with E-state index < -0.39 is 0 Å². The predicted octanol–water partition coefficient (Wildman–Crippen LogP) is 0.148. The highest BCUT2D eigenvalue weighted by Gasteiger charge is 2.22. The molecule has 0 aliphatic rings. The van der Waals surface area contributed by atoms with Gasteiger partial charge in [0.1, 0.15) is 0 Å². The fraction of sp³-hybridized carbons (Fsp3) is 0.500. The molecule has 17 heavy (non-hydrogen) atoms. The predicted molar refractivity (Wildman–Crippen MR) is 67.3 cm³/mol. The number of pyridine rings is 1. The van der Waals surface area contributed by atoms with Gasteiger partial charge in [0.25, 0.3) is 0 Å². The Morgan fingerprint density at radius 2 is 2.35 bits per heavy atom. The lowest BCUT2D eigenvalue weighted by Crippen LogP contribution is -2.42. The van der Waals surface area contributed by atoms with E-state index in [9.17, 15) is 4.79 Å². The first kappa shape index (κ1) is 13.6. The van der Waals surface area contributed by atoms with Gasteiger partial charge in [-0.2, -0.15) is 0 Å². The number of carbonyl (C=O) groups is 1. The van der Waals surface area contributed by atoms with Gasteiger partial charge in [-0.3, -0.25) is 14.7 Å². The molecule has 0 aliphatic heterocycles. The second-order valence-corrected chi connectivity index (χ2v) is 4.18. The minimum absolute atomic E-state index is 0.0130. The third kappa shape index (κ3) is 3.80. The molecule has 3 N–H and O–H groups in total. The molecule has 1 heterocycles. The molecule has 0 fully saturated rings. The maximum atomic E-state index is 11.4. The lowest BCUT2D eigenvalue weighted by atomic mass is 10.0. The molecule has 0 saturated heterocycles. The molecular formula is C12H20N4O. The molecule has 0 bridgehead atoms. The van der Waals surface area contributed by atoms with E-state index >= 15 is 0 Å². The van der Waals surface area contributed by atoms with Crippen molar-refractivity contribution in [2.24, 2.45) is 5.73 Å². The summed E-state index contributed by atoms with van der Waals surface area (Å²) in [4.78, 5) is 17.4. The van der Waals surface area contributed by atoms with Crippen LogP contribution in [-0.4, -0.2) is 42.5 Å². The Morgan fingerprint density at radius 1 is 1.65 bits per heavy atom. The highest BCUT2D eigenvalue weighted by Crippen LogP contribution is 2.20. The van der Waals surface area contributed by atoms with Crippen LogP contribution in [0.2, 0.25) is 0 Å². The van der Waals surface area contributed by atoms with Crippen LogP contribution in [0.3, 0.4) is 0 Å². The standard InChI is InChI=1S/C12H20N4O/c1-9(13)12(10-5-4-6-15-7-10)16(3)8-11(17)14-2/h4-7,9,12H,8,13H2,1-3H3,(H,14,17). The average Bonchev–Trinajstić information content (AvgIpc) is 2.29. The minimum atomic E-state index is -0.0751. The van der Waals surface area contributed by atoms with Gasteiger partial charge in [-0.25, -0.2) is 0 Å². The third-order valence-electron chi connectivity index (χ3n) is 2.67. The van der Waals surface area contributed by atoms with E-state index in [2.05, 4.69) is 10.3 Å². The van der Waals surface area contributed by atoms with Crippen molar-refractivity contribution in [1.29, 1.82) is 0 Å². The Morgan fingerprint density at radius 3 is 2.82 bits per heavy atom. The van der Waals surface area contributed by atoms with Gasteiger partial charge < -0.3 is 11.1 Å². The molecule has 0 saturated carbocycles. The number of carbonyl (C=O) groups excluding carboxylic acids is 1. The van der Waals surface area contributed by atoms with Gasteiger partial charge in [-0.05, 0) is 25.6 Å².